The van der Waals surface area contributed by atoms with Gasteiger partial charge in [0.2, 0.25) is 0 Å². The minimum atomic E-state index is -3.35. The van der Waals surface area contributed by atoms with E-state index >= 15 is 0 Å². The largest absolute Gasteiger partial charge is 0.394 e. The molecule has 0 fully saturated rings. The lowest BCUT2D eigenvalue weighted by molar-refractivity contribution is 0.0914. The van der Waals surface area contributed by atoms with Crippen molar-refractivity contribution >= 4 is 15.7 Å². The minimum absolute atomic E-state index is 0.0191. The molecule has 0 unspecified atom stereocenters. The maximum atomic E-state index is 12.5. The summed E-state index contributed by atoms with van der Waals surface area (Å²) in [5, 5.41) is 12.4. The van der Waals surface area contributed by atoms with Crippen LogP contribution in [-0.4, -0.2) is 53.7 Å². The SMILES string of the molecule is CCS(=O)(=O)c1ccc([C@@H](CO)NC(=O)c2cnc3c(c2)CN(C)C3)nc1. The van der Waals surface area contributed by atoms with Gasteiger partial charge in [0.25, 0.3) is 5.91 Å². The Morgan fingerprint density at radius 3 is 2.70 bits per heavy atom. The molecule has 8 nitrogen and oxygen atoms in total. The number of pyridine rings is 2. The zero-order chi connectivity index (χ0) is 19.6. The molecule has 0 saturated carbocycles. The zero-order valence-corrected chi connectivity index (χ0v) is 16.0. The first-order chi connectivity index (χ1) is 12.8. The molecule has 2 N–H and O–H groups in total. The standard InChI is InChI=1S/C18H22N4O4S/c1-3-27(25,26)14-4-5-15(20-8-14)17(11-23)21-18(24)12-6-13-9-22(2)10-16(13)19-7-12/h4-8,17,23H,3,9-11H2,1-2H3,(H,21,24)/t17-/m1/s1. The van der Waals surface area contributed by atoms with Crippen molar-refractivity contribution in [2.24, 2.45) is 0 Å². The highest BCUT2D eigenvalue weighted by molar-refractivity contribution is 7.91. The van der Waals surface area contributed by atoms with Crippen LogP contribution in [0.3, 0.4) is 0 Å². The quantitative estimate of drug-likeness (QED) is 0.746. The van der Waals surface area contributed by atoms with Gasteiger partial charge in [-0.05, 0) is 30.8 Å². The number of aliphatic hydroxyl groups is 1. The van der Waals surface area contributed by atoms with Gasteiger partial charge in [-0.15, -0.1) is 0 Å². The topological polar surface area (TPSA) is 112 Å². The highest BCUT2D eigenvalue weighted by atomic mass is 32.2. The van der Waals surface area contributed by atoms with Gasteiger partial charge in [-0.3, -0.25) is 19.7 Å². The third-order valence-electron chi connectivity index (χ3n) is 4.53. The number of nitrogens with zero attached hydrogens (tertiary/aromatic N) is 3. The highest BCUT2D eigenvalue weighted by Gasteiger charge is 2.21. The molecule has 0 aliphatic carbocycles. The number of amides is 1. The normalized spacial score (nSPS) is 15.4. The van der Waals surface area contributed by atoms with Crippen molar-refractivity contribution in [2.45, 2.75) is 31.0 Å². The average Bonchev–Trinajstić information content (AvgIpc) is 3.05. The zero-order valence-electron chi connectivity index (χ0n) is 15.2. The fourth-order valence-corrected chi connectivity index (χ4v) is 3.77. The van der Waals surface area contributed by atoms with Gasteiger partial charge in [0, 0.05) is 25.5 Å². The van der Waals surface area contributed by atoms with Gasteiger partial charge >= 0.3 is 0 Å². The number of aliphatic hydroxyl groups excluding tert-OH is 1. The summed E-state index contributed by atoms with van der Waals surface area (Å²) in [5.74, 6) is -0.389. The van der Waals surface area contributed by atoms with Crippen molar-refractivity contribution in [1.29, 1.82) is 0 Å². The Morgan fingerprint density at radius 2 is 2.07 bits per heavy atom. The minimum Gasteiger partial charge on any atom is -0.394 e. The van der Waals surface area contributed by atoms with Gasteiger partial charge < -0.3 is 10.4 Å². The number of hydrogen-bond acceptors (Lipinski definition) is 7. The van der Waals surface area contributed by atoms with E-state index in [1.54, 1.807) is 13.0 Å². The van der Waals surface area contributed by atoms with Gasteiger partial charge in [0.05, 0.1) is 40.2 Å². The van der Waals surface area contributed by atoms with E-state index in [1.807, 2.05) is 7.05 Å². The molecule has 3 heterocycles. The van der Waals surface area contributed by atoms with Crippen LogP contribution in [0.2, 0.25) is 0 Å². The van der Waals surface area contributed by atoms with E-state index in [-0.39, 0.29) is 23.2 Å². The molecule has 1 amide bonds. The van der Waals surface area contributed by atoms with E-state index in [0.717, 1.165) is 24.3 Å². The number of fused-ring (bicyclic) bond motifs is 1. The Labute approximate surface area is 158 Å². The molecule has 3 rings (SSSR count). The van der Waals surface area contributed by atoms with E-state index in [9.17, 15) is 18.3 Å². The first-order valence-corrected chi connectivity index (χ1v) is 10.3. The van der Waals surface area contributed by atoms with E-state index < -0.39 is 15.9 Å². The number of sulfone groups is 1. The fourth-order valence-electron chi connectivity index (χ4n) is 2.95. The Kier molecular flexibility index (Phi) is 5.54. The van der Waals surface area contributed by atoms with Gasteiger partial charge in [0.15, 0.2) is 9.84 Å². The molecule has 0 bridgehead atoms. The summed E-state index contributed by atoms with van der Waals surface area (Å²) in [6.07, 6.45) is 2.77. The van der Waals surface area contributed by atoms with Crippen LogP contribution in [0.1, 0.15) is 40.3 Å². The summed E-state index contributed by atoms with van der Waals surface area (Å²) < 4.78 is 23.7. The van der Waals surface area contributed by atoms with Gasteiger partial charge in [0.1, 0.15) is 0 Å². The summed E-state index contributed by atoms with van der Waals surface area (Å²) in [6.45, 7) is 2.69. The maximum absolute atomic E-state index is 12.5. The smallest absolute Gasteiger partial charge is 0.253 e. The first kappa shape index (κ1) is 19.4. The molecule has 1 aliphatic rings. The summed E-state index contributed by atoms with van der Waals surface area (Å²) in [5.41, 5.74) is 2.77. The van der Waals surface area contributed by atoms with E-state index in [0.29, 0.717) is 11.3 Å². The van der Waals surface area contributed by atoms with Crippen LogP contribution in [0.15, 0.2) is 35.5 Å². The summed E-state index contributed by atoms with van der Waals surface area (Å²) in [4.78, 5) is 23.2. The number of hydrogen-bond donors (Lipinski definition) is 2. The van der Waals surface area contributed by atoms with Crippen LogP contribution in [-0.2, 0) is 22.9 Å². The van der Waals surface area contributed by atoms with Crippen LogP contribution in [0.25, 0.3) is 0 Å². The van der Waals surface area contributed by atoms with Gasteiger partial charge in [-0.1, -0.05) is 6.92 Å². The van der Waals surface area contributed by atoms with Crippen LogP contribution in [0, 0.1) is 0 Å². The molecule has 0 saturated heterocycles. The Hall–Kier alpha value is -2.36. The van der Waals surface area contributed by atoms with Crippen LogP contribution in [0.5, 0.6) is 0 Å². The molecule has 2 aromatic rings. The number of nitrogens with one attached hydrogen (secondary N) is 1. The summed E-state index contributed by atoms with van der Waals surface area (Å²) in [6, 6.07) is 3.99. The lowest BCUT2D eigenvalue weighted by Crippen LogP contribution is -2.31. The Morgan fingerprint density at radius 1 is 1.30 bits per heavy atom. The van der Waals surface area contributed by atoms with Crippen LogP contribution in [0.4, 0.5) is 0 Å². The van der Waals surface area contributed by atoms with Crippen molar-refractivity contribution in [3.05, 3.63) is 53.1 Å². The molecule has 0 radical (unpaired) electrons. The second-order valence-corrected chi connectivity index (χ2v) is 8.81. The Balaban J connectivity index is 1.75. The van der Waals surface area contributed by atoms with Crippen molar-refractivity contribution in [1.82, 2.24) is 20.2 Å². The van der Waals surface area contributed by atoms with Gasteiger partial charge in [-0.25, -0.2) is 8.42 Å². The van der Waals surface area contributed by atoms with Gasteiger partial charge in [-0.2, -0.15) is 0 Å². The lowest BCUT2D eigenvalue weighted by Gasteiger charge is -2.16. The molecule has 0 spiro atoms. The third-order valence-corrected chi connectivity index (χ3v) is 6.25. The van der Waals surface area contributed by atoms with Crippen molar-refractivity contribution < 1.29 is 18.3 Å². The number of carbonyl (C=O) groups is 1. The summed E-state index contributed by atoms with van der Waals surface area (Å²) >= 11 is 0. The molecular formula is C18H22N4O4S. The molecule has 2 aromatic heterocycles. The molecule has 27 heavy (non-hydrogen) atoms. The number of aromatic nitrogens is 2. The molecule has 144 valence electrons. The van der Waals surface area contributed by atoms with Crippen molar-refractivity contribution in [2.75, 3.05) is 19.4 Å². The number of carbonyl (C=O) groups excluding carboxylic acids is 1. The third kappa shape index (κ3) is 4.15. The molecule has 9 heteroatoms. The predicted octanol–water partition coefficient (Wildman–Crippen LogP) is 0.679. The van der Waals surface area contributed by atoms with E-state index in [2.05, 4.69) is 20.2 Å². The van der Waals surface area contributed by atoms with Crippen molar-refractivity contribution in [3.63, 3.8) is 0 Å². The maximum Gasteiger partial charge on any atom is 0.253 e. The first-order valence-electron chi connectivity index (χ1n) is 8.60. The number of rotatable bonds is 6. The van der Waals surface area contributed by atoms with E-state index in [1.165, 1.54) is 24.5 Å². The molecule has 1 aliphatic heterocycles. The fraction of sp³-hybridized carbons (Fsp3) is 0.389. The highest BCUT2D eigenvalue weighted by Crippen LogP contribution is 2.21. The Bertz CT molecular complexity index is 944. The second kappa shape index (κ2) is 7.71. The summed E-state index contributed by atoms with van der Waals surface area (Å²) in [7, 11) is -1.36. The second-order valence-electron chi connectivity index (χ2n) is 6.53. The molecular weight excluding hydrogens is 368 g/mol. The molecule has 0 aromatic carbocycles. The predicted molar refractivity (Wildman–Crippen MR) is 98.7 cm³/mol. The monoisotopic (exact) mass is 390 g/mol. The molecule has 1 atom stereocenters. The van der Waals surface area contributed by atoms with Crippen LogP contribution >= 0.6 is 0 Å². The van der Waals surface area contributed by atoms with E-state index in [4.69, 9.17) is 0 Å². The average molecular weight is 390 g/mol. The lowest BCUT2D eigenvalue weighted by atomic mass is 10.1. The van der Waals surface area contributed by atoms with Crippen LogP contribution < -0.4 is 5.32 Å². The van der Waals surface area contributed by atoms with Crippen molar-refractivity contribution in [3.8, 4) is 0 Å².